The molecule has 0 radical (unpaired) electrons. The molecule has 7 nitrogen and oxygen atoms in total. The van der Waals surface area contributed by atoms with Crippen molar-refractivity contribution in [3.8, 4) is 6.07 Å². The van der Waals surface area contributed by atoms with Crippen molar-refractivity contribution < 1.29 is 8.42 Å². The summed E-state index contributed by atoms with van der Waals surface area (Å²) in [6.45, 7) is 1.09. The number of nitrogens with zero attached hydrogens (tertiary/aromatic N) is 4. The summed E-state index contributed by atoms with van der Waals surface area (Å²) < 4.78 is 31.7. The maximum atomic E-state index is 13.4. The maximum absolute atomic E-state index is 13.4. The number of nitriles is 1. The summed E-state index contributed by atoms with van der Waals surface area (Å²) in [6, 6.07) is 20.2. The average Bonchev–Trinajstić information content (AvgIpc) is 3.22. The van der Waals surface area contributed by atoms with Gasteiger partial charge >= 0.3 is 0 Å². The molecule has 0 amide bonds. The van der Waals surface area contributed by atoms with Gasteiger partial charge in [0, 0.05) is 36.9 Å². The van der Waals surface area contributed by atoms with Crippen LogP contribution in [0.15, 0.2) is 78.1 Å². The third kappa shape index (κ3) is 4.09. The number of hydrogen-bond acceptors (Lipinski definition) is 5. The van der Waals surface area contributed by atoms with Gasteiger partial charge in [0.25, 0.3) is 0 Å². The van der Waals surface area contributed by atoms with Crippen LogP contribution in [0, 0.1) is 11.3 Å². The molecule has 8 heteroatoms. The van der Waals surface area contributed by atoms with E-state index in [2.05, 4.69) is 20.7 Å². The maximum Gasteiger partial charge on any atom is 0.241 e. The quantitative estimate of drug-likeness (QED) is 0.496. The van der Waals surface area contributed by atoms with Crippen LogP contribution in [0.2, 0.25) is 0 Å². The molecule has 0 spiro atoms. The number of anilines is 1. The molecule has 0 fully saturated rings. The van der Waals surface area contributed by atoms with E-state index in [-0.39, 0.29) is 10.9 Å². The molecule has 1 aliphatic rings. The highest BCUT2D eigenvalue weighted by Gasteiger charge is 2.29. The van der Waals surface area contributed by atoms with E-state index < -0.39 is 10.0 Å². The van der Waals surface area contributed by atoms with E-state index in [0.717, 1.165) is 22.3 Å². The van der Waals surface area contributed by atoms with Gasteiger partial charge < -0.3 is 9.47 Å². The van der Waals surface area contributed by atoms with Crippen molar-refractivity contribution >= 4 is 26.5 Å². The molecule has 33 heavy (non-hydrogen) atoms. The van der Waals surface area contributed by atoms with E-state index >= 15 is 0 Å². The fourth-order valence-corrected chi connectivity index (χ4v) is 5.95. The SMILES string of the molecule is Cn1cncc1CN1CC(NS(=O)(=O)c2cccc3ccccc23)Cc2cc(C#N)ccc21. The van der Waals surface area contributed by atoms with Crippen LogP contribution in [0.3, 0.4) is 0 Å². The van der Waals surface area contributed by atoms with Gasteiger partial charge in [0.15, 0.2) is 0 Å². The normalized spacial score (nSPS) is 15.9. The average molecular weight is 458 g/mol. The Labute approximate surface area is 193 Å². The molecule has 0 bridgehead atoms. The van der Waals surface area contributed by atoms with Gasteiger partial charge in [-0.2, -0.15) is 5.26 Å². The second-order valence-corrected chi connectivity index (χ2v) is 10.0. The number of rotatable bonds is 5. The Morgan fingerprint density at radius 1 is 1.15 bits per heavy atom. The van der Waals surface area contributed by atoms with Crippen LogP contribution in [-0.2, 0) is 30.0 Å². The Morgan fingerprint density at radius 3 is 2.76 bits per heavy atom. The van der Waals surface area contributed by atoms with Gasteiger partial charge in [0.2, 0.25) is 10.0 Å². The summed E-state index contributed by atoms with van der Waals surface area (Å²) in [5, 5.41) is 10.9. The molecule has 2 heterocycles. The van der Waals surface area contributed by atoms with Crippen LogP contribution in [0.5, 0.6) is 0 Å². The van der Waals surface area contributed by atoms with Crippen molar-refractivity contribution in [1.29, 1.82) is 5.26 Å². The van der Waals surface area contributed by atoms with Crippen molar-refractivity contribution in [1.82, 2.24) is 14.3 Å². The summed E-state index contributed by atoms with van der Waals surface area (Å²) in [4.78, 5) is 6.62. The number of benzene rings is 3. The number of aryl methyl sites for hydroxylation is 1. The number of sulfonamides is 1. The van der Waals surface area contributed by atoms with Crippen molar-refractivity contribution in [2.75, 3.05) is 11.4 Å². The van der Waals surface area contributed by atoms with Crippen LogP contribution >= 0.6 is 0 Å². The minimum atomic E-state index is -3.76. The molecule has 1 atom stereocenters. The number of hydrogen-bond donors (Lipinski definition) is 1. The van der Waals surface area contributed by atoms with E-state index in [9.17, 15) is 13.7 Å². The molecule has 0 saturated heterocycles. The van der Waals surface area contributed by atoms with Crippen LogP contribution < -0.4 is 9.62 Å². The first-order valence-electron chi connectivity index (χ1n) is 10.7. The van der Waals surface area contributed by atoms with E-state index in [0.29, 0.717) is 30.5 Å². The van der Waals surface area contributed by atoms with Crippen LogP contribution in [0.1, 0.15) is 16.8 Å². The van der Waals surface area contributed by atoms with Gasteiger partial charge in [-0.15, -0.1) is 0 Å². The van der Waals surface area contributed by atoms with Gasteiger partial charge in [-0.25, -0.2) is 18.1 Å². The first-order chi connectivity index (χ1) is 15.9. The molecule has 0 saturated carbocycles. The zero-order valence-electron chi connectivity index (χ0n) is 18.1. The molecule has 3 aromatic carbocycles. The summed E-state index contributed by atoms with van der Waals surface area (Å²) in [5.41, 5.74) is 3.54. The van der Waals surface area contributed by atoms with E-state index in [1.165, 1.54) is 0 Å². The standard InChI is InChI=1S/C25H23N5O2S/c1-29-17-27-14-22(29)16-30-15-21(12-20-11-18(13-26)9-10-24(20)30)28-33(31,32)25-8-4-6-19-5-2-3-7-23(19)25/h2-11,14,17,21,28H,12,15-16H2,1H3. The summed E-state index contributed by atoms with van der Waals surface area (Å²) in [7, 11) is -1.82. The zero-order valence-corrected chi connectivity index (χ0v) is 19.0. The Kier molecular flexibility index (Phi) is 5.36. The van der Waals surface area contributed by atoms with Crippen LogP contribution in [0.4, 0.5) is 5.69 Å². The lowest BCUT2D eigenvalue weighted by Crippen LogP contribution is -2.48. The zero-order chi connectivity index (χ0) is 23.0. The van der Waals surface area contributed by atoms with Gasteiger partial charge in [-0.3, -0.25) is 0 Å². The predicted molar refractivity (Wildman–Crippen MR) is 127 cm³/mol. The highest BCUT2D eigenvalue weighted by atomic mass is 32.2. The van der Waals surface area contributed by atoms with E-state index in [4.69, 9.17) is 0 Å². The Bertz CT molecular complexity index is 1480. The molecule has 1 unspecified atom stereocenters. The Hall–Kier alpha value is -3.67. The van der Waals surface area contributed by atoms with Crippen LogP contribution in [0.25, 0.3) is 10.8 Å². The fourth-order valence-electron chi connectivity index (χ4n) is 4.50. The largest absolute Gasteiger partial charge is 0.364 e. The highest BCUT2D eigenvalue weighted by molar-refractivity contribution is 7.89. The molecular formula is C25H23N5O2S. The Morgan fingerprint density at radius 2 is 1.97 bits per heavy atom. The molecule has 4 aromatic rings. The Balaban J connectivity index is 1.49. The minimum absolute atomic E-state index is 0.273. The molecule has 1 aromatic heterocycles. The number of imidazole rings is 1. The predicted octanol–water partition coefficient (Wildman–Crippen LogP) is 3.35. The molecule has 0 aliphatic carbocycles. The topological polar surface area (TPSA) is 91.0 Å². The second kappa shape index (κ2) is 8.35. The van der Waals surface area contributed by atoms with Gasteiger partial charge in [-0.05, 0) is 41.6 Å². The third-order valence-corrected chi connectivity index (χ3v) is 7.67. The summed E-state index contributed by atoms with van der Waals surface area (Å²) in [6.07, 6.45) is 4.07. The van der Waals surface area contributed by atoms with Crippen molar-refractivity contribution in [3.63, 3.8) is 0 Å². The fraction of sp³-hybridized carbons (Fsp3) is 0.200. The molecule has 1 N–H and O–H groups in total. The smallest absolute Gasteiger partial charge is 0.241 e. The summed E-state index contributed by atoms with van der Waals surface area (Å²) in [5.74, 6) is 0. The third-order valence-electron chi connectivity index (χ3n) is 6.09. The number of aromatic nitrogens is 2. The van der Waals surface area contributed by atoms with Crippen molar-refractivity contribution in [2.45, 2.75) is 23.9 Å². The first-order valence-corrected chi connectivity index (χ1v) is 12.2. The van der Waals surface area contributed by atoms with Gasteiger partial charge in [-0.1, -0.05) is 36.4 Å². The summed E-state index contributed by atoms with van der Waals surface area (Å²) >= 11 is 0. The molecule has 166 valence electrons. The van der Waals surface area contributed by atoms with E-state index in [1.807, 2.05) is 60.3 Å². The number of nitrogens with one attached hydrogen (secondary N) is 1. The van der Waals surface area contributed by atoms with Crippen molar-refractivity contribution in [2.24, 2.45) is 7.05 Å². The van der Waals surface area contributed by atoms with E-state index in [1.54, 1.807) is 24.5 Å². The molecule has 1 aliphatic heterocycles. The minimum Gasteiger partial charge on any atom is -0.364 e. The van der Waals surface area contributed by atoms with Crippen molar-refractivity contribution in [3.05, 3.63) is 90.0 Å². The highest BCUT2D eigenvalue weighted by Crippen LogP contribution is 2.31. The van der Waals surface area contributed by atoms with Crippen LogP contribution in [-0.4, -0.2) is 30.6 Å². The van der Waals surface area contributed by atoms with Gasteiger partial charge in [0.05, 0.1) is 35.1 Å². The lowest BCUT2D eigenvalue weighted by molar-refractivity contribution is 0.522. The lowest BCUT2D eigenvalue weighted by atomic mass is 9.96. The molecule has 5 rings (SSSR count). The first kappa shape index (κ1) is 21.2. The second-order valence-electron chi connectivity index (χ2n) is 8.33. The molecular weight excluding hydrogens is 434 g/mol. The monoisotopic (exact) mass is 457 g/mol. The number of fused-ring (bicyclic) bond motifs is 2. The lowest BCUT2D eigenvalue weighted by Gasteiger charge is -2.36. The van der Waals surface area contributed by atoms with Gasteiger partial charge in [0.1, 0.15) is 0 Å².